The second-order valence-corrected chi connectivity index (χ2v) is 7.52. The van der Waals surface area contributed by atoms with Crippen LogP contribution in [-0.2, 0) is 11.2 Å². The summed E-state index contributed by atoms with van der Waals surface area (Å²) in [5.41, 5.74) is 5.90. The number of hydrogen-bond donors (Lipinski definition) is 2. The van der Waals surface area contributed by atoms with Crippen molar-refractivity contribution in [2.45, 2.75) is 13.3 Å². The topological polar surface area (TPSA) is 74.0 Å². The van der Waals surface area contributed by atoms with Gasteiger partial charge in [-0.1, -0.05) is 34.1 Å². The van der Waals surface area contributed by atoms with Crippen LogP contribution >= 0.6 is 27.7 Å². The Labute approximate surface area is 158 Å². The van der Waals surface area contributed by atoms with Crippen LogP contribution in [0.15, 0.2) is 51.0 Å². The minimum atomic E-state index is -0.217. The summed E-state index contributed by atoms with van der Waals surface area (Å²) in [4.78, 5) is 16.4. The van der Waals surface area contributed by atoms with E-state index in [0.717, 1.165) is 27.2 Å². The van der Waals surface area contributed by atoms with Gasteiger partial charge in [-0.3, -0.25) is 4.79 Å². The summed E-state index contributed by atoms with van der Waals surface area (Å²) in [6.07, 6.45) is 2.20. The predicted octanol–water partition coefficient (Wildman–Crippen LogP) is 3.93. The maximum atomic E-state index is 11.9. The molecule has 5 nitrogen and oxygen atoms in total. The first kappa shape index (κ1) is 17.7. The number of phenolic OH excluding ortho intramolecular Hbond substituents is 1. The Morgan fingerprint density at radius 1 is 1.44 bits per heavy atom. The number of carbonyl (C=O) groups is 1. The van der Waals surface area contributed by atoms with Crippen LogP contribution in [0.4, 0.5) is 5.69 Å². The molecule has 0 spiro atoms. The van der Waals surface area contributed by atoms with Gasteiger partial charge in [0.2, 0.25) is 5.91 Å². The van der Waals surface area contributed by atoms with Gasteiger partial charge in [-0.2, -0.15) is 5.10 Å². The lowest BCUT2D eigenvalue weighted by molar-refractivity contribution is -0.118. The lowest BCUT2D eigenvalue weighted by Gasteiger charge is -2.04. The Balaban J connectivity index is 1.51. The number of phenols is 1. The maximum absolute atomic E-state index is 11.9. The molecule has 0 fully saturated rings. The molecule has 2 aromatic rings. The van der Waals surface area contributed by atoms with E-state index >= 15 is 0 Å². The zero-order valence-corrected chi connectivity index (χ0v) is 15.9. The van der Waals surface area contributed by atoms with E-state index in [2.05, 4.69) is 31.4 Å². The van der Waals surface area contributed by atoms with Gasteiger partial charge in [0.25, 0.3) is 0 Å². The summed E-state index contributed by atoms with van der Waals surface area (Å²) < 4.78 is 0.838. The van der Waals surface area contributed by atoms with Crippen molar-refractivity contribution in [2.24, 2.45) is 10.1 Å². The lowest BCUT2D eigenvalue weighted by Crippen LogP contribution is -2.20. The normalized spacial score (nSPS) is 13.0. The zero-order chi connectivity index (χ0) is 17.8. The van der Waals surface area contributed by atoms with Gasteiger partial charge in [0.05, 0.1) is 22.7 Å². The molecule has 0 aromatic heterocycles. The number of thioether (sulfide) groups is 1. The molecule has 1 aliphatic heterocycles. The molecule has 1 heterocycles. The average molecular weight is 418 g/mol. The van der Waals surface area contributed by atoms with Crippen LogP contribution in [0.5, 0.6) is 5.75 Å². The third-order valence-electron chi connectivity index (χ3n) is 3.64. The average Bonchev–Trinajstić information content (AvgIpc) is 3.00. The minimum absolute atomic E-state index is 0.147. The fourth-order valence-corrected chi connectivity index (χ4v) is 3.78. The van der Waals surface area contributed by atoms with Crippen molar-refractivity contribution >= 4 is 50.5 Å². The van der Waals surface area contributed by atoms with Gasteiger partial charge in [0.1, 0.15) is 5.75 Å². The second kappa shape index (κ2) is 7.84. The van der Waals surface area contributed by atoms with Gasteiger partial charge >= 0.3 is 0 Å². The molecule has 0 radical (unpaired) electrons. The van der Waals surface area contributed by atoms with Crippen molar-refractivity contribution in [3.05, 3.63) is 57.6 Å². The molecule has 2 N–H and O–H groups in total. The first-order valence-corrected chi connectivity index (χ1v) is 9.40. The minimum Gasteiger partial charge on any atom is -0.507 e. The fourth-order valence-electron chi connectivity index (χ4n) is 2.40. The van der Waals surface area contributed by atoms with Crippen molar-refractivity contribution in [3.8, 4) is 5.75 Å². The smallest absolute Gasteiger partial charge is 0.250 e. The Kier molecular flexibility index (Phi) is 5.55. The summed E-state index contributed by atoms with van der Waals surface area (Å²) in [5, 5.41) is 14.8. The van der Waals surface area contributed by atoms with Crippen molar-refractivity contribution in [3.63, 3.8) is 0 Å². The summed E-state index contributed by atoms with van der Waals surface area (Å²) in [7, 11) is 0. The van der Waals surface area contributed by atoms with E-state index in [1.807, 2.05) is 30.3 Å². The SMILES string of the molecule is Cc1cc(Br)cc(/C=N/NC(=O)CSC2=Nc3ccccc3C2)c1O. The number of carbonyl (C=O) groups excluding carboxylic acids is 1. The van der Waals surface area contributed by atoms with Gasteiger partial charge in [-0.05, 0) is 36.2 Å². The molecule has 0 saturated heterocycles. The van der Waals surface area contributed by atoms with Crippen LogP contribution in [0.3, 0.4) is 0 Å². The highest BCUT2D eigenvalue weighted by Crippen LogP contribution is 2.29. The molecule has 7 heteroatoms. The van der Waals surface area contributed by atoms with Crippen molar-refractivity contribution in [1.29, 1.82) is 0 Å². The number of benzene rings is 2. The number of fused-ring (bicyclic) bond motifs is 1. The number of aryl methyl sites for hydroxylation is 1. The predicted molar refractivity (Wildman–Crippen MR) is 106 cm³/mol. The monoisotopic (exact) mass is 417 g/mol. The second-order valence-electron chi connectivity index (χ2n) is 5.55. The number of aliphatic imine (C=N–C) groups is 1. The molecule has 0 bridgehead atoms. The number of hydrogen-bond acceptors (Lipinski definition) is 5. The summed E-state index contributed by atoms with van der Waals surface area (Å²) >= 11 is 4.78. The van der Waals surface area contributed by atoms with Crippen LogP contribution in [-0.4, -0.2) is 28.0 Å². The van der Waals surface area contributed by atoms with Gasteiger partial charge in [0, 0.05) is 16.5 Å². The number of rotatable bonds is 4. The molecule has 3 rings (SSSR count). The summed E-state index contributed by atoms with van der Waals surface area (Å²) in [5.74, 6) is 0.174. The molecular weight excluding hydrogens is 402 g/mol. The molecule has 128 valence electrons. The van der Waals surface area contributed by atoms with E-state index in [9.17, 15) is 9.90 Å². The first-order valence-electron chi connectivity index (χ1n) is 7.62. The molecule has 1 aliphatic rings. The van der Waals surface area contributed by atoms with E-state index in [1.165, 1.54) is 23.5 Å². The first-order chi connectivity index (χ1) is 12.0. The Hall–Kier alpha value is -2.12. The number of para-hydroxylation sites is 1. The van der Waals surface area contributed by atoms with E-state index in [1.54, 1.807) is 13.0 Å². The number of nitrogens with zero attached hydrogens (tertiary/aromatic N) is 2. The lowest BCUT2D eigenvalue weighted by atomic mass is 10.1. The highest BCUT2D eigenvalue weighted by molar-refractivity contribution is 9.10. The van der Waals surface area contributed by atoms with Gasteiger partial charge in [-0.25, -0.2) is 10.4 Å². The van der Waals surface area contributed by atoms with Crippen LogP contribution in [0, 0.1) is 6.92 Å². The van der Waals surface area contributed by atoms with Crippen molar-refractivity contribution in [1.82, 2.24) is 5.43 Å². The van der Waals surface area contributed by atoms with E-state index in [-0.39, 0.29) is 17.4 Å². The zero-order valence-electron chi connectivity index (χ0n) is 13.5. The van der Waals surface area contributed by atoms with E-state index in [4.69, 9.17) is 0 Å². The van der Waals surface area contributed by atoms with E-state index < -0.39 is 0 Å². The summed E-state index contributed by atoms with van der Waals surface area (Å²) in [6, 6.07) is 11.5. The van der Waals surface area contributed by atoms with Crippen LogP contribution in [0.25, 0.3) is 0 Å². The maximum Gasteiger partial charge on any atom is 0.250 e. The van der Waals surface area contributed by atoms with Crippen LogP contribution in [0.2, 0.25) is 0 Å². The highest BCUT2D eigenvalue weighted by Gasteiger charge is 2.15. The molecule has 0 atom stereocenters. The van der Waals surface area contributed by atoms with Gasteiger partial charge in [0.15, 0.2) is 0 Å². The highest BCUT2D eigenvalue weighted by atomic mass is 79.9. The fraction of sp³-hybridized carbons (Fsp3) is 0.167. The Morgan fingerprint density at radius 2 is 2.24 bits per heavy atom. The molecule has 0 saturated carbocycles. The molecule has 1 amide bonds. The van der Waals surface area contributed by atoms with Gasteiger partial charge in [-0.15, -0.1) is 11.8 Å². The quantitative estimate of drug-likeness (QED) is 0.584. The molecule has 0 unspecified atom stereocenters. The molecule has 0 aliphatic carbocycles. The Morgan fingerprint density at radius 3 is 3.04 bits per heavy atom. The number of halogens is 1. The summed E-state index contributed by atoms with van der Waals surface area (Å²) in [6.45, 7) is 1.80. The standard InChI is InChI=1S/C18H16BrN3O2S/c1-11-6-14(19)7-13(18(11)24)9-20-22-16(23)10-25-17-8-12-4-2-3-5-15(12)21-17/h2-7,9,24H,8,10H2,1H3,(H,22,23)/b20-9+. The number of nitrogens with one attached hydrogen (secondary N) is 1. The third-order valence-corrected chi connectivity index (χ3v) is 5.07. The largest absolute Gasteiger partial charge is 0.507 e. The molecule has 25 heavy (non-hydrogen) atoms. The number of aromatic hydroxyl groups is 1. The Bertz CT molecular complexity index is 881. The van der Waals surface area contributed by atoms with Crippen molar-refractivity contribution < 1.29 is 9.90 Å². The van der Waals surface area contributed by atoms with Crippen LogP contribution < -0.4 is 5.43 Å². The van der Waals surface area contributed by atoms with Crippen molar-refractivity contribution in [2.75, 3.05) is 5.75 Å². The third kappa shape index (κ3) is 4.49. The molecule has 2 aromatic carbocycles. The molecular formula is C18H16BrN3O2S. The van der Waals surface area contributed by atoms with E-state index in [0.29, 0.717) is 5.56 Å². The number of amides is 1. The van der Waals surface area contributed by atoms with Gasteiger partial charge < -0.3 is 5.11 Å². The number of hydrazone groups is 1. The van der Waals surface area contributed by atoms with Crippen LogP contribution in [0.1, 0.15) is 16.7 Å².